The fourth-order valence-electron chi connectivity index (χ4n) is 3.81. The van der Waals surface area contributed by atoms with Gasteiger partial charge in [0, 0.05) is 18.1 Å². The quantitative estimate of drug-likeness (QED) is 0.354. The number of carbonyl (C=O) groups is 2. The zero-order valence-corrected chi connectivity index (χ0v) is 23.2. The molecule has 3 aromatic rings. The molecule has 1 atom stereocenters. The van der Waals surface area contributed by atoms with Crippen molar-refractivity contribution < 1.29 is 22.7 Å². The largest absolute Gasteiger partial charge is 0.497 e. The second-order valence-electron chi connectivity index (χ2n) is 8.64. The minimum absolute atomic E-state index is 0.00471. The van der Waals surface area contributed by atoms with Crippen LogP contribution in [0.15, 0.2) is 83.8 Å². The number of anilines is 1. The number of carbonyl (C=O) groups excluding carboxylic acids is 2. The first kappa shape index (κ1) is 29.0. The van der Waals surface area contributed by atoms with Gasteiger partial charge in [-0.05, 0) is 67.4 Å². The lowest BCUT2D eigenvalue weighted by atomic mass is 10.1. The Morgan fingerprint density at radius 1 is 1.00 bits per heavy atom. The molecule has 0 aliphatic heterocycles. The van der Waals surface area contributed by atoms with Crippen LogP contribution < -0.4 is 14.4 Å². The highest BCUT2D eigenvalue weighted by molar-refractivity contribution is 7.92. The predicted molar refractivity (Wildman–Crippen MR) is 149 cm³/mol. The molecule has 38 heavy (non-hydrogen) atoms. The van der Waals surface area contributed by atoms with Crippen molar-refractivity contribution in [3.05, 3.63) is 89.4 Å². The van der Waals surface area contributed by atoms with Crippen molar-refractivity contribution in [3.63, 3.8) is 0 Å². The monoisotopic (exact) mass is 557 g/mol. The van der Waals surface area contributed by atoms with Gasteiger partial charge in [-0.15, -0.1) is 0 Å². The van der Waals surface area contributed by atoms with Gasteiger partial charge >= 0.3 is 0 Å². The molecule has 202 valence electrons. The van der Waals surface area contributed by atoms with E-state index in [-0.39, 0.29) is 17.3 Å². The number of nitrogens with zero attached hydrogens (tertiary/aromatic N) is 2. The summed E-state index contributed by atoms with van der Waals surface area (Å²) in [7, 11) is -2.65. The third kappa shape index (κ3) is 7.26. The van der Waals surface area contributed by atoms with Gasteiger partial charge < -0.3 is 15.0 Å². The lowest BCUT2D eigenvalue weighted by molar-refractivity contribution is -0.139. The maximum Gasteiger partial charge on any atom is 0.264 e. The number of para-hydroxylation sites is 1. The molecule has 0 aliphatic rings. The Kier molecular flexibility index (Phi) is 10.2. The van der Waals surface area contributed by atoms with Crippen LogP contribution in [0.25, 0.3) is 0 Å². The normalized spacial score (nSPS) is 11.9. The number of amides is 2. The third-order valence-corrected chi connectivity index (χ3v) is 7.95. The number of nitrogens with one attached hydrogen (secondary N) is 1. The van der Waals surface area contributed by atoms with Gasteiger partial charge in [0.05, 0.1) is 17.7 Å². The number of hydrogen-bond donors (Lipinski definition) is 1. The topological polar surface area (TPSA) is 96.0 Å². The molecule has 0 heterocycles. The van der Waals surface area contributed by atoms with Gasteiger partial charge in [-0.1, -0.05) is 48.9 Å². The van der Waals surface area contributed by atoms with Crippen molar-refractivity contribution in [2.75, 3.05) is 24.5 Å². The number of benzene rings is 3. The lowest BCUT2D eigenvalue weighted by Crippen LogP contribution is -2.51. The Balaban J connectivity index is 1.99. The summed E-state index contributed by atoms with van der Waals surface area (Å²) in [5.41, 5.74) is 1.03. The molecule has 3 aromatic carbocycles. The van der Waals surface area contributed by atoms with Crippen LogP contribution in [0.4, 0.5) is 5.69 Å². The fraction of sp³-hybridized carbons (Fsp3) is 0.286. The van der Waals surface area contributed by atoms with E-state index in [1.807, 2.05) is 6.92 Å². The van der Waals surface area contributed by atoms with Gasteiger partial charge in [-0.2, -0.15) is 0 Å². The van der Waals surface area contributed by atoms with Crippen LogP contribution in [-0.4, -0.2) is 51.4 Å². The van der Waals surface area contributed by atoms with Crippen molar-refractivity contribution in [2.45, 2.75) is 37.8 Å². The smallest absolute Gasteiger partial charge is 0.264 e. The van der Waals surface area contributed by atoms with Crippen LogP contribution >= 0.6 is 11.6 Å². The minimum Gasteiger partial charge on any atom is -0.497 e. The van der Waals surface area contributed by atoms with Crippen LogP contribution in [0.1, 0.15) is 25.8 Å². The molecule has 1 N–H and O–H groups in total. The van der Waals surface area contributed by atoms with E-state index < -0.39 is 28.5 Å². The second kappa shape index (κ2) is 13.3. The zero-order chi connectivity index (χ0) is 27.7. The molecule has 0 spiro atoms. The summed E-state index contributed by atoms with van der Waals surface area (Å²) in [5, 5.41) is 3.31. The highest BCUT2D eigenvalue weighted by atomic mass is 35.5. The van der Waals surface area contributed by atoms with Crippen LogP contribution in [0.3, 0.4) is 0 Å². The van der Waals surface area contributed by atoms with Crippen LogP contribution in [0, 0.1) is 0 Å². The van der Waals surface area contributed by atoms with E-state index in [9.17, 15) is 18.0 Å². The highest BCUT2D eigenvalue weighted by Crippen LogP contribution is 2.26. The van der Waals surface area contributed by atoms with Crippen molar-refractivity contribution >= 4 is 39.1 Å². The zero-order valence-electron chi connectivity index (χ0n) is 21.6. The molecular weight excluding hydrogens is 526 g/mol. The molecule has 0 saturated carbocycles. The van der Waals surface area contributed by atoms with Gasteiger partial charge in [-0.3, -0.25) is 13.9 Å². The Morgan fingerprint density at radius 3 is 2.29 bits per heavy atom. The summed E-state index contributed by atoms with van der Waals surface area (Å²) in [5.74, 6) is -0.359. The highest BCUT2D eigenvalue weighted by Gasteiger charge is 2.32. The fourth-order valence-corrected chi connectivity index (χ4v) is 5.44. The molecule has 0 bridgehead atoms. The number of hydrogen-bond acceptors (Lipinski definition) is 5. The molecule has 0 aromatic heterocycles. The van der Waals surface area contributed by atoms with Crippen LogP contribution in [0.2, 0.25) is 5.02 Å². The van der Waals surface area contributed by atoms with Gasteiger partial charge in [0.2, 0.25) is 11.8 Å². The van der Waals surface area contributed by atoms with E-state index in [1.165, 1.54) is 24.1 Å². The summed E-state index contributed by atoms with van der Waals surface area (Å²) < 4.78 is 33.7. The summed E-state index contributed by atoms with van der Waals surface area (Å²) in [6, 6.07) is 20.5. The van der Waals surface area contributed by atoms with E-state index in [4.69, 9.17) is 16.3 Å². The third-order valence-electron chi connectivity index (χ3n) is 5.93. The molecule has 1 unspecified atom stereocenters. The summed E-state index contributed by atoms with van der Waals surface area (Å²) in [4.78, 5) is 28.0. The molecule has 0 fully saturated rings. The first-order valence-corrected chi connectivity index (χ1v) is 14.0. The average Bonchev–Trinajstić information content (AvgIpc) is 2.93. The predicted octanol–water partition coefficient (Wildman–Crippen LogP) is 4.49. The van der Waals surface area contributed by atoms with Gasteiger partial charge in [-0.25, -0.2) is 8.42 Å². The van der Waals surface area contributed by atoms with E-state index in [2.05, 4.69) is 5.32 Å². The molecule has 0 aliphatic carbocycles. The van der Waals surface area contributed by atoms with Crippen LogP contribution in [0.5, 0.6) is 5.75 Å². The number of sulfonamides is 1. The SMILES string of the molecule is CCCNC(=O)C(C)N(Cc1cccc(Cl)c1)C(=O)CN(c1ccccc1)S(=O)(=O)c1ccc(OC)cc1. The van der Waals surface area contributed by atoms with E-state index in [0.717, 1.165) is 10.7 Å². The molecule has 8 nitrogen and oxygen atoms in total. The maximum atomic E-state index is 13.8. The molecule has 10 heteroatoms. The standard InChI is InChI=1S/C28H32ClN3O5S/c1-4-17-30-28(34)21(2)31(19-22-9-8-10-23(29)18-22)27(33)20-32(24-11-6-5-7-12-24)38(35,36)26-15-13-25(37-3)14-16-26/h5-16,18,21H,4,17,19-20H2,1-3H3,(H,30,34). The van der Waals surface area contributed by atoms with Crippen molar-refractivity contribution in [1.29, 1.82) is 0 Å². The number of halogens is 1. The molecule has 0 saturated heterocycles. The van der Waals surface area contributed by atoms with Crippen LogP contribution in [-0.2, 0) is 26.2 Å². The summed E-state index contributed by atoms with van der Waals surface area (Å²) in [6.45, 7) is 3.58. The Bertz CT molecular complexity index is 1330. The molecule has 2 amide bonds. The Hall–Kier alpha value is -3.56. The van der Waals surface area contributed by atoms with Crippen molar-refractivity contribution in [3.8, 4) is 5.75 Å². The number of rotatable bonds is 12. The van der Waals surface area contributed by atoms with E-state index in [0.29, 0.717) is 28.6 Å². The average molecular weight is 558 g/mol. The number of methoxy groups -OCH3 is 1. The Labute approximate surface area is 229 Å². The molecule has 0 radical (unpaired) electrons. The van der Waals surface area contributed by atoms with Crippen molar-refractivity contribution in [2.24, 2.45) is 0 Å². The second-order valence-corrected chi connectivity index (χ2v) is 10.9. The Morgan fingerprint density at radius 2 is 1.68 bits per heavy atom. The summed E-state index contributed by atoms with van der Waals surface area (Å²) >= 11 is 6.15. The van der Waals surface area contributed by atoms with E-state index >= 15 is 0 Å². The summed E-state index contributed by atoms with van der Waals surface area (Å²) in [6.07, 6.45) is 0.739. The van der Waals surface area contributed by atoms with Gasteiger partial charge in [0.25, 0.3) is 10.0 Å². The number of ether oxygens (including phenoxy) is 1. The van der Waals surface area contributed by atoms with E-state index in [1.54, 1.807) is 73.7 Å². The molecule has 3 rings (SSSR count). The maximum absolute atomic E-state index is 13.8. The lowest BCUT2D eigenvalue weighted by Gasteiger charge is -2.32. The van der Waals surface area contributed by atoms with Crippen molar-refractivity contribution in [1.82, 2.24) is 10.2 Å². The first-order chi connectivity index (χ1) is 18.2. The van der Waals surface area contributed by atoms with Gasteiger partial charge in [0.1, 0.15) is 18.3 Å². The minimum atomic E-state index is -4.14. The molecular formula is C28H32ClN3O5S. The first-order valence-electron chi connectivity index (χ1n) is 12.2. The van der Waals surface area contributed by atoms with Gasteiger partial charge in [0.15, 0.2) is 0 Å².